The fraction of sp³-hybridized carbons (Fsp3) is 0. The number of rotatable bonds is 0. The van der Waals surface area contributed by atoms with Gasteiger partial charge < -0.3 is 0 Å². The number of halogens is 6. The van der Waals surface area contributed by atoms with Crippen molar-refractivity contribution in [3.8, 4) is 0 Å². The summed E-state index contributed by atoms with van der Waals surface area (Å²) in [4.78, 5) is 0. The molecule has 0 N–H and O–H groups in total. The third kappa shape index (κ3) is 49.0. The zero-order chi connectivity index (χ0) is 6.41. The molecule has 0 saturated heterocycles. The van der Waals surface area contributed by atoms with Gasteiger partial charge in [-0.1, -0.05) is 0 Å². The molecule has 0 nitrogen and oxygen atoms in total. The SMILES string of the molecule is [Cl][Ca]([Cl])([Cl])([Cl])([Cl])[Cl]. The van der Waals surface area contributed by atoms with E-state index < -0.39 is 17.0 Å². The predicted octanol–water partition coefficient (Wildman–Crippen LogP) is 3.76. The van der Waals surface area contributed by atoms with Crippen LogP contribution in [0, 0.1) is 0 Å². The molecule has 0 bridgehead atoms. The van der Waals surface area contributed by atoms with Crippen LogP contribution in [-0.4, -0.2) is 17.0 Å². The van der Waals surface area contributed by atoms with Gasteiger partial charge in [-0.2, -0.15) is 0 Å². The molecule has 0 saturated carbocycles. The molecule has 0 unspecified atom stereocenters. The van der Waals surface area contributed by atoms with Crippen LogP contribution in [0.15, 0.2) is 0 Å². The Kier molecular flexibility index (Phi) is 2.54. The van der Waals surface area contributed by atoms with Gasteiger partial charge >= 0.3 is 55.4 Å². The van der Waals surface area contributed by atoms with Gasteiger partial charge in [0.2, 0.25) is 0 Å². The summed E-state index contributed by atoms with van der Waals surface area (Å²) in [6, 6.07) is 0. The van der Waals surface area contributed by atoms with Crippen molar-refractivity contribution >= 4 is 55.4 Å². The quantitative estimate of drug-likeness (QED) is 0.576. The first-order valence-corrected chi connectivity index (χ1v) is 19.8. The normalized spacial score (nSPS) is 18.0. The molecule has 7 heteroatoms. The van der Waals surface area contributed by atoms with E-state index in [-0.39, 0.29) is 0 Å². The van der Waals surface area contributed by atoms with Gasteiger partial charge in [-0.15, -0.1) is 0 Å². The van der Waals surface area contributed by atoms with Crippen molar-refractivity contribution in [2.45, 2.75) is 0 Å². The van der Waals surface area contributed by atoms with Crippen LogP contribution in [0.1, 0.15) is 0 Å². The fourth-order valence-electron chi connectivity index (χ4n) is 0. The average Bonchev–Trinajstić information content (AvgIpc) is 0.592. The van der Waals surface area contributed by atoms with Crippen LogP contribution in [0.4, 0.5) is 0 Å². The van der Waals surface area contributed by atoms with Crippen LogP contribution < -0.4 is 0 Å². The van der Waals surface area contributed by atoms with Gasteiger partial charge in [-0.25, -0.2) is 0 Å². The molecule has 0 aromatic rings. The Morgan fingerprint density at radius 3 is 0.571 bits per heavy atom. The van der Waals surface area contributed by atoms with Crippen molar-refractivity contribution in [2.24, 2.45) is 0 Å². The fourth-order valence-corrected chi connectivity index (χ4v) is 0. The standard InChI is InChI=1S/Ca.6ClH/h;6*1H/q+6;;;;;;/p-6. The molecule has 0 amide bonds. The summed E-state index contributed by atoms with van der Waals surface area (Å²) in [5.41, 5.74) is 0. The summed E-state index contributed by atoms with van der Waals surface area (Å²) in [5, 5.41) is 0. The van der Waals surface area contributed by atoms with E-state index in [2.05, 4.69) is 0 Å². The Balaban J connectivity index is 4.43. The summed E-state index contributed by atoms with van der Waals surface area (Å²) in [6.45, 7) is 0. The zero-order valence-corrected chi connectivity index (χ0v) is 9.72. The van der Waals surface area contributed by atoms with Crippen molar-refractivity contribution in [1.29, 1.82) is 0 Å². The van der Waals surface area contributed by atoms with Crippen molar-refractivity contribution in [2.75, 3.05) is 0 Å². The van der Waals surface area contributed by atoms with Gasteiger partial charge in [0.05, 0.1) is 0 Å². The second-order valence-corrected chi connectivity index (χ2v) is 56.2. The van der Waals surface area contributed by atoms with E-state index in [1.807, 2.05) is 0 Å². The van der Waals surface area contributed by atoms with Crippen LogP contribution in [0.25, 0.3) is 0 Å². The molecule has 0 aromatic heterocycles. The van der Waals surface area contributed by atoms with Gasteiger partial charge in [0.15, 0.2) is 0 Å². The molecule has 0 aliphatic heterocycles. The van der Waals surface area contributed by atoms with Crippen LogP contribution >= 0.6 is 38.3 Å². The maximum absolute atomic E-state index is 5.54. The maximum atomic E-state index is 5.08. The van der Waals surface area contributed by atoms with Crippen LogP contribution in [0.3, 0.4) is 0 Å². The molecule has 0 fully saturated rings. The van der Waals surface area contributed by atoms with Crippen molar-refractivity contribution in [3.63, 3.8) is 0 Å². The van der Waals surface area contributed by atoms with Crippen LogP contribution in [0.2, 0.25) is 0 Å². The second-order valence-electron chi connectivity index (χ2n) is 1.52. The second kappa shape index (κ2) is 1.78. The van der Waals surface area contributed by atoms with E-state index in [0.29, 0.717) is 0 Å². The summed E-state index contributed by atoms with van der Waals surface area (Å²) in [6.07, 6.45) is 30.5. The summed E-state index contributed by atoms with van der Waals surface area (Å²) >= 11 is -5.54. The van der Waals surface area contributed by atoms with E-state index in [1.54, 1.807) is 0 Å². The van der Waals surface area contributed by atoms with Gasteiger partial charge in [0, 0.05) is 0 Å². The third-order valence-corrected chi connectivity index (χ3v) is 0. The Bertz CT molecular complexity index is 62.7. The molecular formula is CaCl6. The first-order valence-electron chi connectivity index (χ1n) is 1.60. The van der Waals surface area contributed by atoms with Crippen LogP contribution in [-0.2, 0) is 0 Å². The van der Waals surface area contributed by atoms with Crippen molar-refractivity contribution in [3.05, 3.63) is 0 Å². The zero-order valence-electron chi connectivity index (χ0n) is 2.97. The molecule has 0 aromatic carbocycles. The number of hydrogen-bond acceptors (Lipinski definition) is 0. The van der Waals surface area contributed by atoms with E-state index in [4.69, 9.17) is 38.3 Å². The molecular weight excluding hydrogens is 253 g/mol. The monoisotopic (exact) mass is 250 g/mol. The molecule has 0 aliphatic carbocycles. The van der Waals surface area contributed by atoms with E-state index in [9.17, 15) is 0 Å². The van der Waals surface area contributed by atoms with Gasteiger partial charge in [0.1, 0.15) is 0 Å². The molecule has 0 rings (SSSR count). The van der Waals surface area contributed by atoms with E-state index in [1.165, 1.54) is 0 Å². The summed E-state index contributed by atoms with van der Waals surface area (Å²) in [5.74, 6) is 0. The molecule has 44 valence electrons. The van der Waals surface area contributed by atoms with Crippen molar-refractivity contribution < 1.29 is 0 Å². The molecule has 7 heavy (non-hydrogen) atoms. The Morgan fingerprint density at radius 2 is 0.571 bits per heavy atom. The minimum absolute atomic E-state index is 5.08. The van der Waals surface area contributed by atoms with E-state index >= 15 is 0 Å². The average molecular weight is 253 g/mol. The van der Waals surface area contributed by atoms with E-state index in [0.717, 1.165) is 0 Å². The minimum atomic E-state index is -5.54. The molecule has 0 atom stereocenters. The summed E-state index contributed by atoms with van der Waals surface area (Å²) in [7, 11) is 0. The Labute approximate surface area is 53.6 Å². The van der Waals surface area contributed by atoms with Gasteiger partial charge in [-0.05, 0) is 0 Å². The van der Waals surface area contributed by atoms with Gasteiger partial charge in [0.25, 0.3) is 0 Å². The van der Waals surface area contributed by atoms with Gasteiger partial charge in [-0.3, -0.25) is 0 Å². The molecule has 0 aliphatic rings. The van der Waals surface area contributed by atoms with Crippen molar-refractivity contribution in [1.82, 2.24) is 0 Å². The molecule has 0 heterocycles. The third-order valence-electron chi connectivity index (χ3n) is 0. The topological polar surface area (TPSA) is 0 Å². The molecule has 0 spiro atoms. The summed E-state index contributed by atoms with van der Waals surface area (Å²) < 4.78 is 0. The molecule has 0 radical (unpaired) electrons. The Morgan fingerprint density at radius 1 is 0.571 bits per heavy atom. The number of hydrogen-bond donors (Lipinski definition) is 0. The first kappa shape index (κ1) is 10.00. The first-order chi connectivity index (χ1) is 2.45. The predicted molar refractivity (Wildman–Crippen MR) is 40.9 cm³/mol. The van der Waals surface area contributed by atoms with Crippen LogP contribution in [0.5, 0.6) is 0 Å². The Hall–Kier alpha value is 3.00.